The van der Waals surface area contributed by atoms with Crippen molar-refractivity contribution < 1.29 is 23.8 Å². The zero-order valence-electron chi connectivity index (χ0n) is 18.7. The number of anilines is 2. The summed E-state index contributed by atoms with van der Waals surface area (Å²) in [7, 11) is 0. The summed E-state index contributed by atoms with van der Waals surface area (Å²) in [5.74, 6) is 1.63. The Morgan fingerprint density at radius 3 is 2.52 bits per heavy atom. The summed E-state index contributed by atoms with van der Waals surface area (Å²) in [4.78, 5) is 26.2. The molecule has 0 radical (unpaired) electrons. The molecule has 1 heterocycles. The van der Waals surface area contributed by atoms with Crippen molar-refractivity contribution in [2.75, 3.05) is 30.0 Å². The maximum absolute atomic E-state index is 12.5. The fourth-order valence-corrected chi connectivity index (χ4v) is 3.15. The van der Waals surface area contributed by atoms with Gasteiger partial charge in [0.2, 0.25) is 0 Å². The molecule has 0 unspecified atom stereocenters. The molecule has 0 aromatic heterocycles. The van der Waals surface area contributed by atoms with Crippen molar-refractivity contribution in [1.82, 2.24) is 0 Å². The molecule has 0 atom stereocenters. The summed E-state index contributed by atoms with van der Waals surface area (Å²) in [6.45, 7) is 10.3. The fraction of sp³-hybridized carbons (Fsp3) is 0.417. The van der Waals surface area contributed by atoms with E-state index in [0.29, 0.717) is 36.2 Å². The molecule has 1 aliphatic heterocycles. The number of amides is 2. The Bertz CT molecular complexity index is 932. The van der Waals surface area contributed by atoms with Gasteiger partial charge in [0.05, 0.1) is 12.2 Å². The van der Waals surface area contributed by atoms with Gasteiger partial charge in [0, 0.05) is 5.69 Å². The van der Waals surface area contributed by atoms with E-state index in [1.165, 1.54) is 5.56 Å². The highest BCUT2D eigenvalue weighted by Gasteiger charge is 2.26. The molecule has 0 spiro atoms. The van der Waals surface area contributed by atoms with Crippen LogP contribution < -0.4 is 19.7 Å². The summed E-state index contributed by atoms with van der Waals surface area (Å²) in [6.07, 6.45) is -0.560. The van der Waals surface area contributed by atoms with Crippen LogP contribution in [0.2, 0.25) is 0 Å². The molecule has 2 aromatic carbocycles. The lowest BCUT2D eigenvalue weighted by Gasteiger charge is -2.30. The molecule has 0 bridgehead atoms. The first-order valence-electron chi connectivity index (χ1n) is 10.4. The van der Waals surface area contributed by atoms with Gasteiger partial charge >= 0.3 is 6.09 Å². The second kappa shape index (κ2) is 9.29. The van der Waals surface area contributed by atoms with Gasteiger partial charge in [-0.25, -0.2) is 4.79 Å². The van der Waals surface area contributed by atoms with Gasteiger partial charge in [-0.2, -0.15) is 0 Å². The fourth-order valence-electron chi connectivity index (χ4n) is 3.15. The molecule has 2 amide bonds. The third-order valence-corrected chi connectivity index (χ3v) is 4.68. The van der Waals surface area contributed by atoms with E-state index in [4.69, 9.17) is 14.2 Å². The Balaban J connectivity index is 1.66. The number of hydrogen-bond acceptors (Lipinski definition) is 5. The van der Waals surface area contributed by atoms with Crippen molar-refractivity contribution >= 4 is 23.4 Å². The van der Waals surface area contributed by atoms with Crippen molar-refractivity contribution in [2.24, 2.45) is 0 Å². The van der Waals surface area contributed by atoms with Crippen LogP contribution in [0.25, 0.3) is 0 Å². The summed E-state index contributed by atoms with van der Waals surface area (Å²) in [5, 5.41) is 2.69. The van der Waals surface area contributed by atoms with Crippen molar-refractivity contribution in [3.05, 3.63) is 48.0 Å². The van der Waals surface area contributed by atoms with Gasteiger partial charge in [-0.15, -0.1) is 0 Å². The second-order valence-electron chi connectivity index (χ2n) is 8.72. The van der Waals surface area contributed by atoms with E-state index >= 15 is 0 Å². The Morgan fingerprint density at radius 1 is 1.16 bits per heavy atom. The maximum atomic E-state index is 12.5. The number of hydrogen-bond donors (Lipinski definition) is 1. The number of nitrogens with zero attached hydrogens (tertiary/aromatic N) is 1. The van der Waals surface area contributed by atoms with E-state index in [1.807, 2.05) is 24.3 Å². The van der Waals surface area contributed by atoms with E-state index in [1.54, 1.807) is 43.9 Å². The van der Waals surface area contributed by atoms with E-state index < -0.39 is 11.7 Å². The summed E-state index contributed by atoms with van der Waals surface area (Å²) >= 11 is 0. The predicted octanol–water partition coefficient (Wildman–Crippen LogP) is 4.96. The lowest BCUT2D eigenvalue weighted by Crippen LogP contribution is -2.41. The topological polar surface area (TPSA) is 77.1 Å². The van der Waals surface area contributed by atoms with E-state index in [2.05, 4.69) is 19.2 Å². The molecule has 0 aliphatic carbocycles. The van der Waals surface area contributed by atoms with Crippen LogP contribution in [0.1, 0.15) is 46.1 Å². The summed E-state index contributed by atoms with van der Waals surface area (Å²) in [5.41, 5.74) is 1.74. The van der Waals surface area contributed by atoms with Crippen LogP contribution in [0.3, 0.4) is 0 Å². The quantitative estimate of drug-likeness (QED) is 0.706. The zero-order valence-corrected chi connectivity index (χ0v) is 18.7. The molecule has 0 fully saturated rings. The van der Waals surface area contributed by atoms with Gasteiger partial charge in [0.15, 0.2) is 6.61 Å². The number of nitrogens with one attached hydrogen (secondary N) is 1. The van der Waals surface area contributed by atoms with Gasteiger partial charge in [-0.1, -0.05) is 26.0 Å². The molecule has 2 aromatic rings. The van der Waals surface area contributed by atoms with Crippen LogP contribution in [0.5, 0.6) is 11.5 Å². The first kappa shape index (κ1) is 22.5. The molecule has 7 heteroatoms. The van der Waals surface area contributed by atoms with E-state index in [9.17, 15) is 9.59 Å². The molecule has 166 valence electrons. The average Bonchev–Trinajstić information content (AvgIpc) is 2.68. The standard InChI is InChI=1S/C24H30N2O5/c1-16(2)17-6-9-19(10-7-17)29-13-12-26-20-14-18(25-23(28)31-24(3,4)5)8-11-21(20)30-15-22(26)27/h6-11,14,16H,12-13,15H2,1-5H3,(H,25,28). The predicted molar refractivity (Wildman–Crippen MR) is 120 cm³/mol. The lowest BCUT2D eigenvalue weighted by atomic mass is 10.0. The monoisotopic (exact) mass is 426 g/mol. The summed E-state index contributed by atoms with van der Waals surface area (Å²) in [6, 6.07) is 13.1. The van der Waals surface area contributed by atoms with Crippen LogP contribution in [0.4, 0.5) is 16.2 Å². The van der Waals surface area contributed by atoms with Crippen molar-refractivity contribution in [2.45, 2.75) is 46.1 Å². The van der Waals surface area contributed by atoms with Crippen LogP contribution in [-0.4, -0.2) is 37.4 Å². The van der Waals surface area contributed by atoms with Crippen LogP contribution in [-0.2, 0) is 9.53 Å². The molecular weight excluding hydrogens is 396 g/mol. The number of rotatable bonds is 6. The van der Waals surface area contributed by atoms with E-state index in [0.717, 1.165) is 5.75 Å². The van der Waals surface area contributed by atoms with E-state index in [-0.39, 0.29) is 12.5 Å². The van der Waals surface area contributed by atoms with Gasteiger partial charge < -0.3 is 19.1 Å². The third kappa shape index (κ3) is 6.13. The van der Waals surface area contributed by atoms with Crippen molar-refractivity contribution in [1.29, 1.82) is 0 Å². The second-order valence-corrected chi connectivity index (χ2v) is 8.72. The highest BCUT2D eigenvalue weighted by molar-refractivity contribution is 5.99. The molecule has 1 aliphatic rings. The molecule has 0 saturated carbocycles. The molecule has 3 rings (SSSR count). The number of carbonyl (C=O) groups excluding carboxylic acids is 2. The maximum Gasteiger partial charge on any atom is 0.412 e. The Morgan fingerprint density at radius 2 is 1.87 bits per heavy atom. The first-order valence-corrected chi connectivity index (χ1v) is 10.4. The van der Waals surface area contributed by atoms with Crippen LogP contribution in [0, 0.1) is 0 Å². The number of carbonyl (C=O) groups is 2. The Hall–Kier alpha value is -3.22. The largest absolute Gasteiger partial charge is 0.492 e. The molecule has 1 N–H and O–H groups in total. The first-order chi connectivity index (χ1) is 14.6. The average molecular weight is 427 g/mol. The molecule has 7 nitrogen and oxygen atoms in total. The number of ether oxygens (including phenoxy) is 3. The normalized spacial score (nSPS) is 13.5. The Kier molecular flexibility index (Phi) is 6.73. The van der Waals surface area contributed by atoms with Crippen LogP contribution >= 0.6 is 0 Å². The number of fused-ring (bicyclic) bond motifs is 1. The molecule has 0 saturated heterocycles. The zero-order chi connectivity index (χ0) is 22.6. The van der Waals surface area contributed by atoms with Crippen molar-refractivity contribution in [3.8, 4) is 11.5 Å². The summed E-state index contributed by atoms with van der Waals surface area (Å²) < 4.78 is 16.7. The van der Waals surface area contributed by atoms with Gasteiger partial charge in [-0.3, -0.25) is 10.1 Å². The lowest BCUT2D eigenvalue weighted by molar-refractivity contribution is -0.121. The minimum absolute atomic E-state index is 0.0328. The number of benzene rings is 2. The molecular formula is C24H30N2O5. The highest BCUT2D eigenvalue weighted by Crippen LogP contribution is 2.34. The highest BCUT2D eigenvalue weighted by atomic mass is 16.6. The van der Waals surface area contributed by atoms with Gasteiger partial charge in [-0.05, 0) is 62.6 Å². The Labute approximate surface area is 183 Å². The van der Waals surface area contributed by atoms with Gasteiger partial charge in [0.1, 0.15) is 23.7 Å². The SMILES string of the molecule is CC(C)c1ccc(OCCN2C(=O)COc3ccc(NC(=O)OC(C)(C)C)cc32)cc1. The van der Waals surface area contributed by atoms with Gasteiger partial charge in [0.25, 0.3) is 5.91 Å². The minimum atomic E-state index is -0.603. The smallest absolute Gasteiger partial charge is 0.412 e. The van der Waals surface area contributed by atoms with Crippen LogP contribution in [0.15, 0.2) is 42.5 Å². The third-order valence-electron chi connectivity index (χ3n) is 4.68. The minimum Gasteiger partial charge on any atom is -0.492 e. The molecule has 31 heavy (non-hydrogen) atoms. The van der Waals surface area contributed by atoms with Crippen molar-refractivity contribution in [3.63, 3.8) is 0 Å².